The normalized spacial score (nSPS) is 11.1. The fraction of sp³-hybridized carbons (Fsp3) is 0.400. The molecule has 2 rings (SSSR count). The highest BCUT2D eigenvalue weighted by Crippen LogP contribution is 2.12. The Labute approximate surface area is 121 Å². The average Bonchev–Trinajstić information content (AvgIpc) is 2.73. The summed E-state index contributed by atoms with van der Waals surface area (Å²) in [6.45, 7) is 3.91. The Morgan fingerprint density at radius 1 is 1.24 bits per heavy atom. The molecule has 4 nitrogen and oxygen atoms in total. The minimum Gasteiger partial charge on any atom is -0.339 e. The molecule has 0 N–H and O–H groups in total. The van der Waals surface area contributed by atoms with Crippen molar-refractivity contribution in [2.24, 2.45) is 5.92 Å². The van der Waals surface area contributed by atoms with E-state index in [0.29, 0.717) is 17.8 Å². The van der Waals surface area contributed by atoms with E-state index in [1.165, 1.54) is 12.1 Å². The van der Waals surface area contributed by atoms with Gasteiger partial charge in [-0.3, -0.25) is 4.79 Å². The van der Waals surface area contributed by atoms with Crippen molar-refractivity contribution in [3.8, 4) is 0 Å². The fourth-order valence-electron chi connectivity index (χ4n) is 2.03. The molecule has 0 fully saturated rings. The maximum atomic E-state index is 13.1. The molecular weight excluding hydrogens is 278 g/mol. The second kappa shape index (κ2) is 6.56. The van der Waals surface area contributed by atoms with Gasteiger partial charge in [0, 0.05) is 18.9 Å². The molecule has 2 aromatic rings. The van der Waals surface area contributed by atoms with Crippen molar-refractivity contribution in [2.75, 3.05) is 0 Å². The van der Waals surface area contributed by atoms with Crippen LogP contribution in [0.3, 0.4) is 0 Å². The van der Waals surface area contributed by atoms with Crippen molar-refractivity contribution >= 4 is 5.78 Å². The van der Waals surface area contributed by atoms with E-state index in [-0.39, 0.29) is 30.4 Å². The molecule has 21 heavy (non-hydrogen) atoms. The summed E-state index contributed by atoms with van der Waals surface area (Å²) >= 11 is 0. The Kier molecular flexibility index (Phi) is 4.77. The number of nitrogens with zero attached hydrogens (tertiary/aromatic N) is 2. The van der Waals surface area contributed by atoms with Crippen molar-refractivity contribution < 1.29 is 18.1 Å². The van der Waals surface area contributed by atoms with Crippen molar-refractivity contribution in [3.63, 3.8) is 0 Å². The molecule has 0 aliphatic carbocycles. The van der Waals surface area contributed by atoms with Gasteiger partial charge in [0.1, 0.15) is 17.4 Å². The number of aromatic nitrogens is 2. The minimum absolute atomic E-state index is 0.0250. The lowest BCUT2D eigenvalue weighted by molar-refractivity contribution is -0.119. The van der Waals surface area contributed by atoms with Gasteiger partial charge in [-0.25, -0.2) is 8.78 Å². The highest BCUT2D eigenvalue weighted by Gasteiger charge is 2.13. The topological polar surface area (TPSA) is 56.0 Å². The van der Waals surface area contributed by atoms with Crippen LogP contribution in [0, 0.1) is 17.6 Å². The smallest absolute Gasteiger partial charge is 0.234 e. The third-order valence-corrected chi connectivity index (χ3v) is 2.78. The molecule has 0 spiro atoms. The molecule has 0 radical (unpaired) electrons. The van der Waals surface area contributed by atoms with Gasteiger partial charge in [-0.15, -0.1) is 0 Å². The molecule has 0 aliphatic rings. The van der Waals surface area contributed by atoms with Crippen LogP contribution in [-0.4, -0.2) is 15.9 Å². The van der Waals surface area contributed by atoms with E-state index in [1.807, 2.05) is 13.8 Å². The molecule has 6 heteroatoms. The summed E-state index contributed by atoms with van der Waals surface area (Å²) in [6, 6.07) is 3.22. The predicted molar refractivity (Wildman–Crippen MR) is 71.6 cm³/mol. The monoisotopic (exact) mass is 294 g/mol. The second-order valence-corrected chi connectivity index (χ2v) is 5.37. The lowest BCUT2D eigenvalue weighted by Crippen LogP contribution is -2.06. The van der Waals surface area contributed by atoms with Crippen LogP contribution >= 0.6 is 0 Å². The van der Waals surface area contributed by atoms with Crippen LogP contribution in [0.25, 0.3) is 0 Å². The van der Waals surface area contributed by atoms with Crippen LogP contribution in [0.2, 0.25) is 0 Å². The molecule has 1 aromatic carbocycles. The number of benzene rings is 1. The number of hydrogen-bond acceptors (Lipinski definition) is 4. The van der Waals surface area contributed by atoms with Crippen molar-refractivity contribution in [2.45, 2.75) is 33.1 Å². The Hall–Kier alpha value is -2.11. The van der Waals surface area contributed by atoms with Crippen LogP contribution in [0.4, 0.5) is 8.78 Å². The SMILES string of the molecule is CC(C)CC(=O)Cc1nc(Cc2cc(F)cc(F)c2)no1. The van der Waals surface area contributed by atoms with E-state index < -0.39 is 11.6 Å². The average molecular weight is 294 g/mol. The molecule has 0 atom stereocenters. The fourth-order valence-corrected chi connectivity index (χ4v) is 2.03. The van der Waals surface area contributed by atoms with Gasteiger partial charge >= 0.3 is 0 Å². The van der Waals surface area contributed by atoms with Crippen LogP contribution in [0.15, 0.2) is 22.7 Å². The number of ketones is 1. The summed E-state index contributed by atoms with van der Waals surface area (Å²) in [7, 11) is 0. The van der Waals surface area contributed by atoms with Crippen LogP contribution < -0.4 is 0 Å². The molecule has 0 bridgehead atoms. The third-order valence-electron chi connectivity index (χ3n) is 2.78. The standard InChI is InChI=1S/C15H16F2N2O2/c1-9(2)3-13(20)8-15-18-14(19-21-15)6-10-4-11(16)7-12(17)5-10/h4-5,7,9H,3,6,8H2,1-2H3. The molecule has 0 unspecified atom stereocenters. The zero-order valence-electron chi connectivity index (χ0n) is 11.9. The van der Waals surface area contributed by atoms with E-state index in [0.717, 1.165) is 6.07 Å². The van der Waals surface area contributed by atoms with Crippen LogP contribution in [0.5, 0.6) is 0 Å². The van der Waals surface area contributed by atoms with E-state index in [2.05, 4.69) is 10.1 Å². The van der Waals surface area contributed by atoms with Gasteiger partial charge in [-0.05, 0) is 23.6 Å². The first-order valence-electron chi connectivity index (χ1n) is 6.70. The number of hydrogen-bond donors (Lipinski definition) is 0. The first kappa shape index (κ1) is 15.3. The lowest BCUT2D eigenvalue weighted by Gasteiger charge is -2.00. The summed E-state index contributed by atoms with van der Waals surface area (Å²) < 4.78 is 31.1. The van der Waals surface area contributed by atoms with Crippen molar-refractivity contribution in [1.29, 1.82) is 0 Å². The summed E-state index contributed by atoms with van der Waals surface area (Å²) in [4.78, 5) is 15.7. The Morgan fingerprint density at radius 2 is 1.90 bits per heavy atom. The number of carbonyl (C=O) groups excluding carboxylic acids is 1. The molecule has 0 saturated heterocycles. The van der Waals surface area contributed by atoms with Gasteiger partial charge in [0.15, 0.2) is 5.82 Å². The molecule has 0 aliphatic heterocycles. The van der Waals surface area contributed by atoms with Crippen LogP contribution in [0.1, 0.15) is 37.5 Å². The molecular formula is C15H16F2N2O2. The second-order valence-electron chi connectivity index (χ2n) is 5.37. The summed E-state index contributed by atoms with van der Waals surface area (Å²) in [6.07, 6.45) is 0.687. The zero-order valence-corrected chi connectivity index (χ0v) is 11.9. The number of Topliss-reactive ketones (excluding diaryl/α,β-unsaturated/α-hetero) is 1. The predicted octanol–water partition coefficient (Wildman–Crippen LogP) is 3.10. The highest BCUT2D eigenvalue weighted by atomic mass is 19.1. The zero-order chi connectivity index (χ0) is 15.4. The molecule has 0 saturated carbocycles. The summed E-state index contributed by atoms with van der Waals surface area (Å²) in [5.41, 5.74) is 0.411. The Balaban J connectivity index is 2.01. The van der Waals surface area contributed by atoms with Crippen molar-refractivity contribution in [3.05, 3.63) is 47.1 Å². The van der Waals surface area contributed by atoms with E-state index in [9.17, 15) is 13.6 Å². The molecule has 1 heterocycles. The Bertz CT molecular complexity index is 618. The van der Waals surface area contributed by atoms with Gasteiger partial charge < -0.3 is 4.52 Å². The Morgan fingerprint density at radius 3 is 2.52 bits per heavy atom. The van der Waals surface area contributed by atoms with Crippen LogP contribution in [-0.2, 0) is 17.6 Å². The number of rotatable bonds is 6. The summed E-state index contributed by atoms with van der Waals surface area (Å²) in [5.74, 6) is -0.478. The molecule has 1 aromatic heterocycles. The lowest BCUT2D eigenvalue weighted by atomic mass is 10.1. The van der Waals surface area contributed by atoms with Crippen molar-refractivity contribution in [1.82, 2.24) is 10.1 Å². The number of halogens is 2. The largest absolute Gasteiger partial charge is 0.339 e. The molecule has 112 valence electrons. The van der Waals surface area contributed by atoms with E-state index in [4.69, 9.17) is 4.52 Å². The van der Waals surface area contributed by atoms with Gasteiger partial charge in [0.25, 0.3) is 0 Å². The van der Waals surface area contributed by atoms with Gasteiger partial charge in [-0.2, -0.15) is 4.98 Å². The highest BCUT2D eigenvalue weighted by molar-refractivity contribution is 5.80. The van der Waals surface area contributed by atoms with E-state index >= 15 is 0 Å². The van der Waals surface area contributed by atoms with E-state index in [1.54, 1.807) is 0 Å². The quantitative estimate of drug-likeness (QED) is 0.821. The third kappa shape index (κ3) is 4.73. The molecule has 0 amide bonds. The van der Waals surface area contributed by atoms with Gasteiger partial charge in [0.05, 0.1) is 6.42 Å². The van der Waals surface area contributed by atoms with Gasteiger partial charge in [0.2, 0.25) is 5.89 Å². The maximum absolute atomic E-state index is 13.1. The first-order chi connectivity index (χ1) is 9.92. The number of carbonyl (C=O) groups is 1. The minimum atomic E-state index is -0.652. The van der Waals surface area contributed by atoms with Gasteiger partial charge in [-0.1, -0.05) is 19.0 Å². The first-order valence-corrected chi connectivity index (χ1v) is 6.70. The summed E-state index contributed by atoms with van der Waals surface area (Å²) in [5, 5.41) is 3.72. The maximum Gasteiger partial charge on any atom is 0.234 e.